The van der Waals surface area contributed by atoms with Gasteiger partial charge in [0.2, 0.25) is 0 Å². The standard InChI is InChI=1S/C13H12BrF2NS/c1-7-5-18-6-8(7)13(17-2)11-10(15)4-3-9(14)12(11)16/h3-6,13,17H,1-2H3. The SMILES string of the molecule is CNC(c1cscc1C)c1c(F)ccc(Br)c1F. The van der Waals surface area contributed by atoms with Gasteiger partial charge in [-0.2, -0.15) is 11.3 Å². The fourth-order valence-corrected chi connectivity index (χ4v) is 3.15. The van der Waals surface area contributed by atoms with Crippen molar-refractivity contribution in [2.24, 2.45) is 0 Å². The van der Waals surface area contributed by atoms with Gasteiger partial charge < -0.3 is 5.32 Å². The van der Waals surface area contributed by atoms with Crippen LogP contribution in [0.15, 0.2) is 27.4 Å². The Hall–Kier alpha value is -0.780. The van der Waals surface area contributed by atoms with E-state index in [0.29, 0.717) is 0 Å². The van der Waals surface area contributed by atoms with Crippen LogP contribution >= 0.6 is 27.3 Å². The molecular weight excluding hydrogens is 320 g/mol. The molecule has 0 saturated heterocycles. The van der Waals surface area contributed by atoms with Crippen molar-refractivity contribution >= 4 is 27.3 Å². The number of aryl methyl sites for hydroxylation is 1. The van der Waals surface area contributed by atoms with Crippen LogP contribution in [0.3, 0.4) is 0 Å². The van der Waals surface area contributed by atoms with Gasteiger partial charge in [-0.25, -0.2) is 8.78 Å². The fraction of sp³-hybridized carbons (Fsp3) is 0.231. The van der Waals surface area contributed by atoms with E-state index in [1.165, 1.54) is 23.5 Å². The molecule has 0 spiro atoms. The molecule has 0 fully saturated rings. The predicted molar refractivity (Wildman–Crippen MR) is 74.0 cm³/mol. The topological polar surface area (TPSA) is 12.0 Å². The van der Waals surface area contributed by atoms with Gasteiger partial charge in [-0.3, -0.25) is 0 Å². The van der Waals surface area contributed by atoms with Crippen LogP contribution < -0.4 is 5.32 Å². The van der Waals surface area contributed by atoms with E-state index in [0.717, 1.165) is 11.1 Å². The third-order valence-electron chi connectivity index (χ3n) is 2.86. The normalized spacial score (nSPS) is 12.7. The van der Waals surface area contributed by atoms with Gasteiger partial charge in [-0.05, 0) is 63.9 Å². The molecule has 1 nitrogen and oxygen atoms in total. The Morgan fingerprint density at radius 2 is 2.00 bits per heavy atom. The number of thiophene rings is 1. The zero-order valence-electron chi connectivity index (χ0n) is 9.93. The molecule has 0 aliphatic carbocycles. The highest BCUT2D eigenvalue weighted by Gasteiger charge is 2.23. The van der Waals surface area contributed by atoms with Crippen LogP contribution in [0.1, 0.15) is 22.7 Å². The fourth-order valence-electron chi connectivity index (χ4n) is 1.93. The first-order valence-corrected chi connectivity index (χ1v) is 7.13. The van der Waals surface area contributed by atoms with Crippen LogP contribution in [0.5, 0.6) is 0 Å². The van der Waals surface area contributed by atoms with Crippen LogP contribution in [-0.4, -0.2) is 7.05 Å². The van der Waals surface area contributed by atoms with E-state index >= 15 is 0 Å². The van der Waals surface area contributed by atoms with E-state index in [1.807, 2.05) is 17.7 Å². The molecule has 1 atom stereocenters. The molecule has 0 saturated carbocycles. The van der Waals surface area contributed by atoms with Crippen LogP contribution in [0.4, 0.5) is 8.78 Å². The Labute approximate surface area is 117 Å². The second-order valence-corrected chi connectivity index (χ2v) is 5.59. The maximum Gasteiger partial charge on any atom is 0.145 e. The average Bonchev–Trinajstić information content (AvgIpc) is 2.76. The van der Waals surface area contributed by atoms with E-state index in [-0.39, 0.29) is 10.0 Å². The molecule has 1 unspecified atom stereocenters. The largest absolute Gasteiger partial charge is 0.309 e. The minimum Gasteiger partial charge on any atom is -0.309 e. The summed E-state index contributed by atoms with van der Waals surface area (Å²) in [5, 5.41) is 6.86. The smallest absolute Gasteiger partial charge is 0.145 e. The molecular formula is C13H12BrF2NS. The first-order chi connectivity index (χ1) is 8.56. The molecule has 0 aliphatic rings. The predicted octanol–water partition coefficient (Wildman–Crippen LogP) is 4.41. The van der Waals surface area contributed by atoms with Crippen molar-refractivity contribution in [3.63, 3.8) is 0 Å². The number of hydrogen-bond donors (Lipinski definition) is 1. The summed E-state index contributed by atoms with van der Waals surface area (Å²) in [5.41, 5.74) is 1.98. The molecule has 1 aromatic heterocycles. The van der Waals surface area contributed by atoms with Crippen LogP contribution in [0.2, 0.25) is 0 Å². The van der Waals surface area contributed by atoms with Crippen molar-refractivity contribution in [1.82, 2.24) is 5.32 Å². The van der Waals surface area contributed by atoms with E-state index < -0.39 is 17.7 Å². The van der Waals surface area contributed by atoms with Gasteiger partial charge in [0.25, 0.3) is 0 Å². The van der Waals surface area contributed by atoms with Crippen molar-refractivity contribution in [1.29, 1.82) is 0 Å². The van der Waals surface area contributed by atoms with E-state index in [1.54, 1.807) is 7.05 Å². The summed E-state index contributed by atoms with van der Waals surface area (Å²) in [6.45, 7) is 1.93. The molecule has 18 heavy (non-hydrogen) atoms. The van der Waals surface area contributed by atoms with Crippen LogP contribution in [0.25, 0.3) is 0 Å². The Balaban J connectivity index is 2.59. The number of nitrogens with one attached hydrogen (secondary N) is 1. The van der Waals surface area contributed by atoms with E-state index in [4.69, 9.17) is 0 Å². The van der Waals surface area contributed by atoms with Crippen molar-refractivity contribution in [3.8, 4) is 0 Å². The lowest BCUT2D eigenvalue weighted by molar-refractivity contribution is 0.518. The summed E-state index contributed by atoms with van der Waals surface area (Å²) >= 11 is 4.62. The van der Waals surface area contributed by atoms with E-state index in [9.17, 15) is 8.78 Å². The van der Waals surface area contributed by atoms with Gasteiger partial charge in [-0.15, -0.1) is 0 Å². The van der Waals surface area contributed by atoms with Gasteiger partial charge >= 0.3 is 0 Å². The van der Waals surface area contributed by atoms with Crippen LogP contribution in [-0.2, 0) is 0 Å². The Kier molecular flexibility index (Phi) is 4.14. The third-order valence-corrected chi connectivity index (χ3v) is 4.36. The molecule has 2 rings (SSSR count). The molecule has 1 heterocycles. The molecule has 2 aromatic rings. The van der Waals surface area contributed by atoms with Crippen molar-refractivity contribution in [2.45, 2.75) is 13.0 Å². The molecule has 0 bridgehead atoms. The van der Waals surface area contributed by atoms with Crippen molar-refractivity contribution in [3.05, 3.63) is 55.7 Å². The summed E-state index contributed by atoms with van der Waals surface area (Å²) in [6.07, 6.45) is 0. The quantitative estimate of drug-likeness (QED) is 0.821. The monoisotopic (exact) mass is 331 g/mol. The van der Waals surface area contributed by atoms with Gasteiger partial charge in [-0.1, -0.05) is 0 Å². The zero-order valence-corrected chi connectivity index (χ0v) is 12.3. The van der Waals surface area contributed by atoms with Gasteiger partial charge in [0.05, 0.1) is 10.5 Å². The second kappa shape index (κ2) is 5.47. The molecule has 96 valence electrons. The van der Waals surface area contributed by atoms with Crippen molar-refractivity contribution in [2.75, 3.05) is 7.05 Å². The number of hydrogen-bond acceptors (Lipinski definition) is 2. The van der Waals surface area contributed by atoms with Gasteiger partial charge in [0.1, 0.15) is 11.6 Å². The highest BCUT2D eigenvalue weighted by atomic mass is 79.9. The summed E-state index contributed by atoms with van der Waals surface area (Å²) in [6, 6.07) is 2.17. The maximum absolute atomic E-state index is 14.1. The van der Waals surface area contributed by atoms with Crippen molar-refractivity contribution < 1.29 is 8.78 Å². The first kappa shape index (κ1) is 13.6. The molecule has 0 amide bonds. The minimum absolute atomic E-state index is 0.0494. The summed E-state index contributed by atoms with van der Waals surface area (Å²) in [7, 11) is 1.70. The number of halogens is 3. The Bertz CT molecular complexity index is 568. The number of benzene rings is 1. The van der Waals surface area contributed by atoms with Crippen LogP contribution in [0, 0.1) is 18.6 Å². The number of rotatable bonds is 3. The second-order valence-electron chi connectivity index (χ2n) is 3.99. The third kappa shape index (κ3) is 2.35. The summed E-state index contributed by atoms with van der Waals surface area (Å²) in [4.78, 5) is 0. The van der Waals surface area contributed by atoms with Gasteiger partial charge in [0.15, 0.2) is 0 Å². The lowest BCUT2D eigenvalue weighted by atomic mass is 9.97. The highest BCUT2D eigenvalue weighted by Crippen LogP contribution is 2.33. The lowest BCUT2D eigenvalue weighted by Crippen LogP contribution is -2.20. The zero-order chi connectivity index (χ0) is 13.3. The molecule has 1 N–H and O–H groups in total. The van der Waals surface area contributed by atoms with E-state index in [2.05, 4.69) is 21.2 Å². The highest BCUT2D eigenvalue weighted by molar-refractivity contribution is 9.10. The minimum atomic E-state index is -0.556. The molecule has 0 aliphatic heterocycles. The lowest BCUT2D eigenvalue weighted by Gasteiger charge is -2.19. The van der Waals surface area contributed by atoms with Gasteiger partial charge in [0, 0.05) is 5.56 Å². The Morgan fingerprint density at radius 3 is 2.56 bits per heavy atom. The molecule has 1 aromatic carbocycles. The molecule has 5 heteroatoms. The molecule has 0 radical (unpaired) electrons. The Morgan fingerprint density at radius 1 is 1.28 bits per heavy atom. The summed E-state index contributed by atoms with van der Waals surface area (Å²) in [5.74, 6) is -1.10. The summed E-state index contributed by atoms with van der Waals surface area (Å²) < 4.78 is 28.3. The first-order valence-electron chi connectivity index (χ1n) is 5.39. The maximum atomic E-state index is 14.1. The average molecular weight is 332 g/mol.